The van der Waals surface area contributed by atoms with Gasteiger partial charge in [0.25, 0.3) is 0 Å². The molecule has 4 heteroatoms. The van der Waals surface area contributed by atoms with Gasteiger partial charge in [-0.2, -0.15) is 0 Å². The molecule has 0 aliphatic carbocycles. The molecule has 2 N–H and O–H groups in total. The van der Waals surface area contributed by atoms with Crippen LogP contribution in [0.1, 0.15) is 18.5 Å². The SMILES string of the molecule is CCNC(C(=O)O)c1ccc(N(C)C)cc1. The van der Waals surface area contributed by atoms with E-state index < -0.39 is 12.0 Å². The summed E-state index contributed by atoms with van der Waals surface area (Å²) < 4.78 is 0. The lowest BCUT2D eigenvalue weighted by molar-refractivity contribution is -0.139. The van der Waals surface area contributed by atoms with Crippen molar-refractivity contribution in [3.8, 4) is 0 Å². The van der Waals surface area contributed by atoms with Crippen LogP contribution in [-0.2, 0) is 4.79 Å². The van der Waals surface area contributed by atoms with Crippen LogP contribution in [0.3, 0.4) is 0 Å². The lowest BCUT2D eigenvalue weighted by Gasteiger charge is -2.16. The summed E-state index contributed by atoms with van der Waals surface area (Å²) in [4.78, 5) is 13.0. The van der Waals surface area contributed by atoms with Gasteiger partial charge in [0.15, 0.2) is 0 Å². The molecule has 0 amide bonds. The zero-order valence-corrected chi connectivity index (χ0v) is 9.90. The van der Waals surface area contributed by atoms with Crippen LogP contribution in [0.15, 0.2) is 24.3 Å². The third-order valence-corrected chi connectivity index (χ3v) is 2.40. The molecule has 88 valence electrons. The number of rotatable bonds is 5. The molecule has 16 heavy (non-hydrogen) atoms. The van der Waals surface area contributed by atoms with E-state index in [-0.39, 0.29) is 0 Å². The first-order chi connectivity index (χ1) is 7.56. The number of carbonyl (C=O) groups is 1. The smallest absolute Gasteiger partial charge is 0.325 e. The molecule has 0 fully saturated rings. The van der Waals surface area contributed by atoms with Crippen molar-refractivity contribution >= 4 is 11.7 Å². The van der Waals surface area contributed by atoms with Gasteiger partial charge in [0.05, 0.1) is 0 Å². The molecular weight excluding hydrogens is 204 g/mol. The Morgan fingerprint density at radius 3 is 2.31 bits per heavy atom. The Morgan fingerprint density at radius 1 is 1.38 bits per heavy atom. The number of aliphatic carboxylic acids is 1. The quantitative estimate of drug-likeness (QED) is 0.792. The fraction of sp³-hybridized carbons (Fsp3) is 0.417. The minimum absolute atomic E-state index is 0.624. The summed E-state index contributed by atoms with van der Waals surface area (Å²) in [7, 11) is 3.90. The number of nitrogens with one attached hydrogen (secondary N) is 1. The van der Waals surface area contributed by atoms with E-state index >= 15 is 0 Å². The first-order valence-electron chi connectivity index (χ1n) is 5.29. The summed E-state index contributed by atoms with van der Waals surface area (Å²) >= 11 is 0. The first kappa shape index (κ1) is 12.5. The average molecular weight is 222 g/mol. The largest absolute Gasteiger partial charge is 0.480 e. The number of anilines is 1. The van der Waals surface area contributed by atoms with Gasteiger partial charge in [-0.3, -0.25) is 4.79 Å². The Balaban J connectivity index is 2.89. The number of likely N-dealkylation sites (N-methyl/N-ethyl adjacent to an activating group) is 1. The molecule has 0 spiro atoms. The fourth-order valence-electron chi connectivity index (χ4n) is 1.52. The van der Waals surface area contributed by atoms with Crippen LogP contribution >= 0.6 is 0 Å². The van der Waals surface area contributed by atoms with Gasteiger partial charge in [0.2, 0.25) is 0 Å². The molecule has 0 aliphatic heterocycles. The van der Waals surface area contributed by atoms with Gasteiger partial charge in [0.1, 0.15) is 6.04 Å². The first-order valence-corrected chi connectivity index (χ1v) is 5.29. The van der Waals surface area contributed by atoms with Crippen molar-refractivity contribution in [3.63, 3.8) is 0 Å². The molecule has 0 saturated carbocycles. The Bertz CT molecular complexity index is 347. The predicted octanol–water partition coefficient (Wildman–Crippen LogP) is 1.49. The number of carboxylic acid groups (broad SMARTS) is 1. The van der Waals surface area contributed by atoms with Crippen LogP contribution < -0.4 is 10.2 Å². The second-order valence-electron chi connectivity index (χ2n) is 3.81. The average Bonchev–Trinajstić information content (AvgIpc) is 2.25. The standard InChI is InChI=1S/C12H18N2O2/c1-4-13-11(12(15)16)9-5-7-10(8-6-9)14(2)3/h5-8,11,13H,4H2,1-3H3,(H,15,16). The number of benzene rings is 1. The van der Waals surface area contributed by atoms with Crippen molar-refractivity contribution < 1.29 is 9.90 Å². The summed E-state index contributed by atoms with van der Waals surface area (Å²) in [6.07, 6.45) is 0. The van der Waals surface area contributed by atoms with Crippen LogP contribution in [-0.4, -0.2) is 31.7 Å². The van der Waals surface area contributed by atoms with Crippen molar-refractivity contribution in [1.29, 1.82) is 0 Å². The lowest BCUT2D eigenvalue weighted by Crippen LogP contribution is -2.28. The van der Waals surface area contributed by atoms with Crippen LogP contribution in [0, 0.1) is 0 Å². The maximum absolute atomic E-state index is 11.0. The van der Waals surface area contributed by atoms with E-state index in [9.17, 15) is 4.79 Å². The number of nitrogens with zero attached hydrogens (tertiary/aromatic N) is 1. The molecule has 1 aromatic rings. The topological polar surface area (TPSA) is 52.6 Å². The van der Waals surface area contributed by atoms with Gasteiger partial charge < -0.3 is 15.3 Å². The summed E-state index contributed by atoms with van der Waals surface area (Å²) in [5.41, 5.74) is 1.84. The molecule has 0 aliphatic rings. The molecule has 1 rings (SSSR count). The maximum Gasteiger partial charge on any atom is 0.325 e. The van der Waals surface area contributed by atoms with E-state index in [1.165, 1.54) is 0 Å². The Labute approximate surface area is 95.9 Å². The van der Waals surface area contributed by atoms with Crippen LogP contribution in [0.5, 0.6) is 0 Å². The summed E-state index contributed by atoms with van der Waals surface area (Å²) in [6.45, 7) is 2.52. The molecule has 1 unspecified atom stereocenters. The molecule has 1 atom stereocenters. The van der Waals surface area contributed by atoms with Crippen molar-refractivity contribution in [1.82, 2.24) is 5.32 Å². The van der Waals surface area contributed by atoms with Gasteiger partial charge in [-0.25, -0.2) is 0 Å². The van der Waals surface area contributed by atoms with Gasteiger partial charge in [-0.05, 0) is 24.2 Å². The van der Waals surface area contributed by atoms with Gasteiger partial charge >= 0.3 is 5.97 Å². The summed E-state index contributed by atoms with van der Waals surface area (Å²) in [5, 5.41) is 12.0. The predicted molar refractivity (Wildman–Crippen MR) is 64.8 cm³/mol. The minimum atomic E-state index is -0.848. The molecule has 4 nitrogen and oxygen atoms in total. The zero-order valence-electron chi connectivity index (χ0n) is 9.90. The molecule has 0 bridgehead atoms. The highest BCUT2D eigenvalue weighted by Gasteiger charge is 2.17. The third kappa shape index (κ3) is 2.97. The van der Waals surface area contributed by atoms with Crippen LogP contribution in [0.2, 0.25) is 0 Å². The number of hydrogen-bond donors (Lipinski definition) is 2. The van der Waals surface area contributed by atoms with Crippen molar-refractivity contribution in [2.45, 2.75) is 13.0 Å². The lowest BCUT2D eigenvalue weighted by atomic mass is 10.1. The molecule has 0 saturated heterocycles. The van der Waals surface area contributed by atoms with E-state index in [2.05, 4.69) is 5.32 Å². The van der Waals surface area contributed by atoms with Crippen molar-refractivity contribution in [3.05, 3.63) is 29.8 Å². The Hall–Kier alpha value is -1.55. The highest BCUT2D eigenvalue weighted by Crippen LogP contribution is 2.18. The van der Waals surface area contributed by atoms with E-state index in [1.807, 2.05) is 50.2 Å². The highest BCUT2D eigenvalue weighted by atomic mass is 16.4. The van der Waals surface area contributed by atoms with Crippen LogP contribution in [0.4, 0.5) is 5.69 Å². The second kappa shape index (κ2) is 5.51. The monoisotopic (exact) mass is 222 g/mol. The normalized spacial score (nSPS) is 12.2. The molecule has 1 aromatic carbocycles. The van der Waals surface area contributed by atoms with Crippen molar-refractivity contribution in [2.24, 2.45) is 0 Å². The zero-order chi connectivity index (χ0) is 12.1. The molecular formula is C12H18N2O2. The third-order valence-electron chi connectivity index (χ3n) is 2.40. The fourth-order valence-corrected chi connectivity index (χ4v) is 1.52. The molecule has 0 aromatic heterocycles. The van der Waals surface area contributed by atoms with Crippen molar-refractivity contribution in [2.75, 3.05) is 25.5 Å². The summed E-state index contributed by atoms with van der Waals surface area (Å²) in [5.74, 6) is -0.848. The van der Waals surface area contributed by atoms with E-state index in [0.29, 0.717) is 6.54 Å². The highest BCUT2D eigenvalue weighted by molar-refractivity contribution is 5.75. The second-order valence-corrected chi connectivity index (χ2v) is 3.81. The minimum Gasteiger partial charge on any atom is -0.480 e. The Morgan fingerprint density at radius 2 is 1.94 bits per heavy atom. The number of carboxylic acids is 1. The maximum atomic E-state index is 11.0. The molecule has 0 radical (unpaired) electrons. The van der Waals surface area contributed by atoms with E-state index in [1.54, 1.807) is 0 Å². The van der Waals surface area contributed by atoms with Crippen LogP contribution in [0.25, 0.3) is 0 Å². The molecule has 0 heterocycles. The van der Waals surface area contributed by atoms with Gasteiger partial charge in [0, 0.05) is 19.8 Å². The Kier molecular flexibility index (Phi) is 4.31. The number of hydrogen-bond acceptors (Lipinski definition) is 3. The van der Waals surface area contributed by atoms with E-state index in [0.717, 1.165) is 11.3 Å². The van der Waals surface area contributed by atoms with Gasteiger partial charge in [-0.1, -0.05) is 19.1 Å². The van der Waals surface area contributed by atoms with Gasteiger partial charge in [-0.15, -0.1) is 0 Å². The summed E-state index contributed by atoms with van der Waals surface area (Å²) in [6, 6.07) is 6.90. The van der Waals surface area contributed by atoms with E-state index in [4.69, 9.17) is 5.11 Å².